The van der Waals surface area contributed by atoms with E-state index in [0.717, 1.165) is 18.7 Å². The molecule has 1 aromatic carbocycles. The van der Waals surface area contributed by atoms with Crippen molar-refractivity contribution >= 4 is 11.6 Å². The molecule has 4 nitrogen and oxygen atoms in total. The molecule has 2 N–H and O–H groups in total. The summed E-state index contributed by atoms with van der Waals surface area (Å²) < 4.78 is 5.37. The van der Waals surface area contributed by atoms with Crippen molar-refractivity contribution in [3.05, 3.63) is 24.3 Å². The van der Waals surface area contributed by atoms with Crippen molar-refractivity contribution in [2.45, 2.75) is 20.3 Å². The number of ether oxygens (including phenoxy) is 1. The number of hydrogen-bond acceptors (Lipinski definition) is 3. The predicted molar refractivity (Wildman–Crippen MR) is 73.9 cm³/mol. The van der Waals surface area contributed by atoms with Crippen molar-refractivity contribution in [3.8, 4) is 5.75 Å². The van der Waals surface area contributed by atoms with Gasteiger partial charge in [-0.3, -0.25) is 4.79 Å². The largest absolute Gasteiger partial charge is 0.484 e. The van der Waals surface area contributed by atoms with E-state index in [0.29, 0.717) is 11.7 Å². The van der Waals surface area contributed by atoms with Gasteiger partial charge in [-0.1, -0.05) is 19.9 Å². The van der Waals surface area contributed by atoms with Crippen molar-refractivity contribution in [2.24, 2.45) is 5.92 Å². The van der Waals surface area contributed by atoms with Crippen LogP contribution in [0.1, 0.15) is 20.3 Å². The van der Waals surface area contributed by atoms with Crippen molar-refractivity contribution in [3.63, 3.8) is 0 Å². The van der Waals surface area contributed by atoms with Gasteiger partial charge in [0, 0.05) is 25.3 Å². The number of likely N-dealkylation sites (N-methyl/N-ethyl adjacent to an activating group) is 1. The molecule has 0 saturated carbocycles. The van der Waals surface area contributed by atoms with Crippen LogP contribution in [0.2, 0.25) is 0 Å². The Hall–Kier alpha value is -1.71. The van der Waals surface area contributed by atoms with E-state index in [2.05, 4.69) is 24.5 Å². The second-order valence-electron chi connectivity index (χ2n) is 4.60. The van der Waals surface area contributed by atoms with Crippen molar-refractivity contribution < 1.29 is 9.53 Å². The molecule has 18 heavy (non-hydrogen) atoms. The molecule has 1 aromatic rings. The van der Waals surface area contributed by atoms with E-state index in [4.69, 9.17) is 4.74 Å². The first-order valence-corrected chi connectivity index (χ1v) is 6.29. The van der Waals surface area contributed by atoms with Crippen LogP contribution in [0.15, 0.2) is 24.3 Å². The summed E-state index contributed by atoms with van der Waals surface area (Å²) in [5.41, 5.74) is 1.02. The number of carbonyl (C=O) groups is 1. The SMILES string of the molecule is CNC(=O)COc1cccc(NCCC(C)C)c1. The monoisotopic (exact) mass is 250 g/mol. The second-order valence-corrected chi connectivity index (χ2v) is 4.60. The summed E-state index contributed by atoms with van der Waals surface area (Å²) in [4.78, 5) is 11.1. The van der Waals surface area contributed by atoms with Crippen molar-refractivity contribution in [2.75, 3.05) is 25.5 Å². The standard InChI is InChI=1S/C14H22N2O2/c1-11(2)7-8-16-12-5-4-6-13(9-12)18-10-14(17)15-3/h4-6,9,11,16H,7-8,10H2,1-3H3,(H,15,17). The zero-order chi connectivity index (χ0) is 13.4. The second kappa shape index (κ2) is 7.58. The van der Waals surface area contributed by atoms with Gasteiger partial charge < -0.3 is 15.4 Å². The smallest absolute Gasteiger partial charge is 0.257 e. The number of anilines is 1. The van der Waals surface area contributed by atoms with E-state index in [9.17, 15) is 4.79 Å². The van der Waals surface area contributed by atoms with E-state index in [1.807, 2.05) is 24.3 Å². The molecule has 1 amide bonds. The van der Waals surface area contributed by atoms with Crippen LogP contribution in [-0.2, 0) is 4.79 Å². The maximum absolute atomic E-state index is 11.1. The average Bonchev–Trinajstić information content (AvgIpc) is 2.36. The fourth-order valence-corrected chi connectivity index (χ4v) is 1.42. The summed E-state index contributed by atoms with van der Waals surface area (Å²) in [6.07, 6.45) is 1.13. The number of carbonyl (C=O) groups excluding carboxylic acids is 1. The quantitative estimate of drug-likeness (QED) is 0.780. The summed E-state index contributed by atoms with van der Waals surface area (Å²) in [6.45, 7) is 5.39. The van der Waals surface area contributed by atoms with Gasteiger partial charge in [0.1, 0.15) is 5.75 Å². The molecule has 0 radical (unpaired) electrons. The van der Waals surface area contributed by atoms with E-state index >= 15 is 0 Å². The van der Waals surface area contributed by atoms with E-state index in [1.165, 1.54) is 0 Å². The minimum Gasteiger partial charge on any atom is -0.484 e. The summed E-state index contributed by atoms with van der Waals surface area (Å²) in [6, 6.07) is 7.66. The predicted octanol–water partition coefficient (Wildman–Crippen LogP) is 2.27. The Kier molecular flexibility index (Phi) is 6.05. The number of nitrogens with one attached hydrogen (secondary N) is 2. The minimum absolute atomic E-state index is 0.0476. The zero-order valence-electron chi connectivity index (χ0n) is 11.3. The molecule has 1 rings (SSSR count). The Bertz CT molecular complexity index is 378. The van der Waals surface area contributed by atoms with Gasteiger partial charge in [0.05, 0.1) is 0 Å². The van der Waals surface area contributed by atoms with Crippen LogP contribution in [0.5, 0.6) is 5.75 Å². The van der Waals surface area contributed by atoms with Gasteiger partial charge in [0.15, 0.2) is 6.61 Å². The minimum atomic E-state index is -0.131. The maximum Gasteiger partial charge on any atom is 0.257 e. The lowest BCUT2D eigenvalue weighted by atomic mass is 10.1. The molecule has 0 heterocycles. The fourth-order valence-electron chi connectivity index (χ4n) is 1.42. The Labute approximate surface area is 109 Å². The number of hydrogen-bond donors (Lipinski definition) is 2. The maximum atomic E-state index is 11.1. The van der Waals surface area contributed by atoms with Crippen LogP contribution in [0.25, 0.3) is 0 Å². The van der Waals surface area contributed by atoms with Gasteiger partial charge in [-0.25, -0.2) is 0 Å². The Morgan fingerprint density at radius 1 is 1.39 bits per heavy atom. The number of rotatable bonds is 7. The molecule has 0 aliphatic rings. The highest BCUT2D eigenvalue weighted by Gasteiger charge is 2.01. The summed E-state index contributed by atoms with van der Waals surface area (Å²) in [7, 11) is 1.59. The molecule has 0 atom stereocenters. The van der Waals surface area contributed by atoms with Gasteiger partial charge >= 0.3 is 0 Å². The van der Waals surface area contributed by atoms with Gasteiger partial charge in [0.25, 0.3) is 5.91 Å². The molecule has 100 valence electrons. The Morgan fingerprint density at radius 2 is 2.17 bits per heavy atom. The van der Waals surface area contributed by atoms with E-state index in [1.54, 1.807) is 7.05 Å². The molecule has 0 unspecified atom stereocenters. The van der Waals surface area contributed by atoms with Crippen LogP contribution in [-0.4, -0.2) is 26.1 Å². The van der Waals surface area contributed by atoms with Crippen molar-refractivity contribution in [1.29, 1.82) is 0 Å². The molecule has 4 heteroatoms. The van der Waals surface area contributed by atoms with Gasteiger partial charge in [-0.2, -0.15) is 0 Å². The highest BCUT2D eigenvalue weighted by atomic mass is 16.5. The summed E-state index contributed by atoms with van der Waals surface area (Å²) >= 11 is 0. The molecule has 0 bridgehead atoms. The number of benzene rings is 1. The first-order valence-electron chi connectivity index (χ1n) is 6.29. The van der Waals surface area contributed by atoms with E-state index < -0.39 is 0 Å². The molecule has 0 fully saturated rings. The molecular weight excluding hydrogens is 228 g/mol. The lowest BCUT2D eigenvalue weighted by molar-refractivity contribution is -0.122. The van der Waals surface area contributed by atoms with Gasteiger partial charge in [-0.15, -0.1) is 0 Å². The lowest BCUT2D eigenvalue weighted by Crippen LogP contribution is -2.24. The van der Waals surface area contributed by atoms with Crippen molar-refractivity contribution in [1.82, 2.24) is 5.32 Å². The lowest BCUT2D eigenvalue weighted by Gasteiger charge is -2.10. The first-order chi connectivity index (χ1) is 8.61. The van der Waals surface area contributed by atoms with Crippen LogP contribution in [0, 0.1) is 5.92 Å². The van der Waals surface area contributed by atoms with Crippen LogP contribution in [0.3, 0.4) is 0 Å². The molecule has 0 spiro atoms. The normalized spacial score (nSPS) is 10.2. The third-order valence-corrected chi connectivity index (χ3v) is 2.53. The molecule has 0 aromatic heterocycles. The van der Waals surface area contributed by atoms with Crippen LogP contribution < -0.4 is 15.4 Å². The third kappa shape index (κ3) is 5.57. The highest BCUT2D eigenvalue weighted by molar-refractivity contribution is 5.77. The van der Waals surface area contributed by atoms with Crippen LogP contribution in [0.4, 0.5) is 5.69 Å². The molecule has 0 aliphatic carbocycles. The zero-order valence-corrected chi connectivity index (χ0v) is 11.3. The van der Waals surface area contributed by atoms with E-state index in [-0.39, 0.29) is 12.5 Å². The highest BCUT2D eigenvalue weighted by Crippen LogP contribution is 2.17. The topological polar surface area (TPSA) is 50.4 Å². The van der Waals surface area contributed by atoms with Gasteiger partial charge in [0.2, 0.25) is 0 Å². The Morgan fingerprint density at radius 3 is 2.83 bits per heavy atom. The fraction of sp³-hybridized carbons (Fsp3) is 0.500. The molecular formula is C14H22N2O2. The van der Waals surface area contributed by atoms with Crippen LogP contribution >= 0.6 is 0 Å². The third-order valence-electron chi connectivity index (χ3n) is 2.53. The molecule has 0 aliphatic heterocycles. The number of amides is 1. The Balaban J connectivity index is 2.43. The summed E-state index contributed by atoms with van der Waals surface area (Å²) in [5, 5.41) is 5.85. The first kappa shape index (κ1) is 14.4. The average molecular weight is 250 g/mol. The summed E-state index contributed by atoms with van der Waals surface area (Å²) in [5.74, 6) is 1.26. The molecule has 0 saturated heterocycles. The van der Waals surface area contributed by atoms with Gasteiger partial charge in [-0.05, 0) is 24.5 Å².